The molecular weight excluding hydrogens is 471 g/mol. The van der Waals surface area contributed by atoms with Gasteiger partial charge < -0.3 is 15.1 Å². The number of aromatic nitrogens is 2. The molecule has 2 amide bonds. The minimum Gasteiger partial charge on any atom is -0.341 e. The van der Waals surface area contributed by atoms with E-state index in [1.165, 1.54) is 12.4 Å². The lowest BCUT2D eigenvalue weighted by molar-refractivity contribution is 0.0421. The molecule has 1 aromatic heterocycles. The summed E-state index contributed by atoms with van der Waals surface area (Å²) >= 11 is 0. The predicted octanol–water partition coefficient (Wildman–Crippen LogP) is 4.22. The summed E-state index contributed by atoms with van der Waals surface area (Å²) in [4.78, 5) is 38.3. The highest BCUT2D eigenvalue weighted by molar-refractivity contribution is 6.05. The Morgan fingerprint density at radius 3 is 2.27 bits per heavy atom. The Labute approximate surface area is 214 Å². The third-order valence-corrected chi connectivity index (χ3v) is 7.15. The van der Waals surface area contributed by atoms with Crippen molar-refractivity contribution in [3.8, 4) is 6.07 Å². The van der Waals surface area contributed by atoms with Crippen molar-refractivity contribution in [1.29, 1.82) is 5.26 Å². The molecule has 2 saturated heterocycles. The van der Waals surface area contributed by atoms with Gasteiger partial charge >= 0.3 is 0 Å². The van der Waals surface area contributed by atoms with Crippen molar-refractivity contribution in [2.24, 2.45) is 0 Å². The minimum atomic E-state index is -1.54. The molecule has 0 saturated carbocycles. The summed E-state index contributed by atoms with van der Waals surface area (Å²) in [6, 6.07) is 13.7. The van der Waals surface area contributed by atoms with Gasteiger partial charge in [0.05, 0.1) is 17.2 Å². The molecule has 3 heterocycles. The van der Waals surface area contributed by atoms with E-state index in [0.717, 1.165) is 25.1 Å². The molecule has 1 N–H and O–H groups in total. The molecule has 3 aromatic rings. The van der Waals surface area contributed by atoms with E-state index in [2.05, 4.69) is 15.3 Å². The molecule has 0 radical (unpaired) electrons. The average molecular weight is 499 g/mol. The summed E-state index contributed by atoms with van der Waals surface area (Å²) in [6.45, 7) is 4.23. The normalized spacial score (nSPS) is 16.5. The summed E-state index contributed by atoms with van der Waals surface area (Å²) in [7, 11) is 0. The largest absolute Gasteiger partial charge is 0.341 e. The van der Waals surface area contributed by atoms with E-state index in [-0.39, 0.29) is 37.7 Å². The van der Waals surface area contributed by atoms with Crippen molar-refractivity contribution < 1.29 is 14.0 Å². The van der Waals surface area contributed by atoms with Crippen LogP contribution in [0, 0.1) is 18.3 Å². The molecule has 2 fully saturated rings. The van der Waals surface area contributed by atoms with E-state index < -0.39 is 5.67 Å². The number of rotatable bonds is 5. The topological polar surface area (TPSA) is 102 Å². The van der Waals surface area contributed by atoms with Crippen LogP contribution in [0.4, 0.5) is 16.0 Å². The van der Waals surface area contributed by atoms with Gasteiger partial charge in [-0.2, -0.15) is 5.26 Å². The Hall–Kier alpha value is -4.32. The zero-order valence-electron chi connectivity index (χ0n) is 20.6. The van der Waals surface area contributed by atoms with Crippen LogP contribution < -0.4 is 10.2 Å². The number of nitrogens with one attached hydrogen (secondary N) is 1. The number of carbonyl (C=O) groups is 2. The van der Waals surface area contributed by atoms with E-state index >= 15 is 4.39 Å². The standard InChI is InChI=1S/C28H27FN6O2/c1-19-3-6-21(15-24(19)33-25(36)22-17-31-27(32-18-22)35-11-2-12-35)26(37)34-13-9-28(29,10-14-34)23-7-4-20(16-30)5-8-23/h3-8,15,17-18H,2,9-14H2,1H3,(H,33,36). The van der Waals surface area contributed by atoms with Crippen LogP contribution >= 0.6 is 0 Å². The minimum absolute atomic E-state index is 0.174. The van der Waals surface area contributed by atoms with Crippen molar-refractivity contribution in [1.82, 2.24) is 14.9 Å². The summed E-state index contributed by atoms with van der Waals surface area (Å²) in [5.74, 6) is 0.0506. The lowest BCUT2D eigenvalue weighted by Crippen LogP contribution is -2.43. The summed E-state index contributed by atoms with van der Waals surface area (Å²) < 4.78 is 15.6. The van der Waals surface area contributed by atoms with Gasteiger partial charge in [-0.05, 0) is 48.7 Å². The number of amides is 2. The van der Waals surface area contributed by atoms with E-state index in [1.54, 1.807) is 47.4 Å². The quantitative estimate of drug-likeness (QED) is 0.565. The molecule has 0 bridgehead atoms. The molecule has 5 rings (SSSR count). The van der Waals surface area contributed by atoms with Gasteiger partial charge in [-0.25, -0.2) is 14.4 Å². The summed E-state index contributed by atoms with van der Waals surface area (Å²) in [5.41, 5.74) is 1.57. The molecule has 0 atom stereocenters. The monoisotopic (exact) mass is 498 g/mol. The highest BCUT2D eigenvalue weighted by Crippen LogP contribution is 2.37. The van der Waals surface area contributed by atoms with Gasteiger partial charge in [0.1, 0.15) is 5.67 Å². The third kappa shape index (κ3) is 5.00. The smallest absolute Gasteiger partial charge is 0.258 e. The van der Waals surface area contributed by atoms with Crippen molar-refractivity contribution in [2.45, 2.75) is 31.9 Å². The maximum Gasteiger partial charge on any atom is 0.258 e. The number of carbonyl (C=O) groups excluding carboxylic acids is 2. The molecule has 37 heavy (non-hydrogen) atoms. The highest BCUT2D eigenvalue weighted by atomic mass is 19.1. The SMILES string of the molecule is Cc1ccc(C(=O)N2CCC(F)(c3ccc(C#N)cc3)CC2)cc1NC(=O)c1cnc(N2CCC2)nc1. The first-order chi connectivity index (χ1) is 17.9. The van der Waals surface area contributed by atoms with Gasteiger partial charge in [0.2, 0.25) is 5.95 Å². The number of hydrogen-bond acceptors (Lipinski definition) is 6. The number of nitrogens with zero attached hydrogens (tertiary/aromatic N) is 5. The zero-order valence-corrected chi connectivity index (χ0v) is 20.6. The first kappa shape index (κ1) is 24.4. The Morgan fingerprint density at radius 2 is 1.68 bits per heavy atom. The van der Waals surface area contributed by atoms with Crippen LogP contribution in [0.3, 0.4) is 0 Å². The third-order valence-electron chi connectivity index (χ3n) is 7.15. The Balaban J connectivity index is 1.24. The second-order valence-corrected chi connectivity index (χ2v) is 9.54. The van der Waals surface area contributed by atoms with E-state index in [9.17, 15) is 9.59 Å². The fourth-order valence-corrected chi connectivity index (χ4v) is 4.58. The molecular formula is C28H27FN6O2. The van der Waals surface area contributed by atoms with Gasteiger partial charge in [0, 0.05) is 62.7 Å². The second-order valence-electron chi connectivity index (χ2n) is 9.54. The molecule has 2 aliphatic rings. The highest BCUT2D eigenvalue weighted by Gasteiger charge is 2.37. The van der Waals surface area contributed by atoms with Crippen molar-refractivity contribution in [2.75, 3.05) is 36.4 Å². The number of hydrogen-bond donors (Lipinski definition) is 1. The van der Waals surface area contributed by atoms with Crippen LogP contribution in [0.15, 0.2) is 54.9 Å². The Bertz CT molecular complexity index is 1350. The van der Waals surface area contributed by atoms with Crippen molar-refractivity contribution in [3.63, 3.8) is 0 Å². The molecule has 0 aliphatic carbocycles. The number of benzene rings is 2. The fourth-order valence-electron chi connectivity index (χ4n) is 4.58. The van der Waals surface area contributed by atoms with Gasteiger partial charge in [-0.15, -0.1) is 0 Å². The molecule has 2 aromatic carbocycles. The van der Waals surface area contributed by atoms with Crippen LogP contribution in [-0.4, -0.2) is 52.9 Å². The number of nitriles is 1. The zero-order chi connectivity index (χ0) is 26.0. The molecule has 2 aliphatic heterocycles. The summed E-state index contributed by atoms with van der Waals surface area (Å²) in [5, 5.41) is 11.8. The number of aryl methyl sites for hydroxylation is 1. The van der Waals surface area contributed by atoms with Crippen LogP contribution in [0.5, 0.6) is 0 Å². The van der Waals surface area contributed by atoms with E-state index in [4.69, 9.17) is 5.26 Å². The lowest BCUT2D eigenvalue weighted by atomic mass is 9.85. The van der Waals surface area contributed by atoms with Gasteiger partial charge in [-0.1, -0.05) is 18.2 Å². The molecule has 0 spiro atoms. The van der Waals surface area contributed by atoms with Gasteiger partial charge in [0.25, 0.3) is 11.8 Å². The van der Waals surface area contributed by atoms with Gasteiger partial charge in [-0.3, -0.25) is 9.59 Å². The molecule has 0 unspecified atom stereocenters. The average Bonchev–Trinajstić information content (AvgIpc) is 2.89. The predicted molar refractivity (Wildman–Crippen MR) is 137 cm³/mol. The maximum atomic E-state index is 15.6. The van der Waals surface area contributed by atoms with Crippen molar-refractivity contribution in [3.05, 3.63) is 82.7 Å². The molecule has 188 valence electrons. The Morgan fingerprint density at radius 1 is 1.00 bits per heavy atom. The van der Waals surface area contributed by atoms with Crippen molar-refractivity contribution >= 4 is 23.5 Å². The van der Waals surface area contributed by atoms with Crippen LogP contribution in [0.2, 0.25) is 0 Å². The summed E-state index contributed by atoms with van der Waals surface area (Å²) in [6.07, 6.45) is 4.47. The fraction of sp³-hybridized carbons (Fsp3) is 0.321. The molecule has 8 nitrogen and oxygen atoms in total. The number of halogens is 1. The number of anilines is 2. The van der Waals surface area contributed by atoms with Crippen LogP contribution in [0.25, 0.3) is 0 Å². The van der Waals surface area contributed by atoms with Gasteiger partial charge in [0.15, 0.2) is 0 Å². The Kier molecular flexibility index (Phi) is 6.57. The molecule has 9 heteroatoms. The number of likely N-dealkylation sites (tertiary alicyclic amines) is 1. The van der Waals surface area contributed by atoms with E-state index in [1.807, 2.05) is 17.9 Å². The second kappa shape index (κ2) is 9.97. The lowest BCUT2D eigenvalue weighted by Gasteiger charge is -2.37. The number of alkyl halides is 1. The van der Waals surface area contributed by atoms with Crippen LogP contribution in [0.1, 0.15) is 56.7 Å². The number of piperidine rings is 1. The first-order valence-corrected chi connectivity index (χ1v) is 12.3. The van der Waals surface area contributed by atoms with Crippen LogP contribution in [-0.2, 0) is 5.67 Å². The first-order valence-electron chi connectivity index (χ1n) is 12.3. The van der Waals surface area contributed by atoms with E-state index in [0.29, 0.717) is 33.9 Å². The maximum absolute atomic E-state index is 15.6.